The predicted octanol–water partition coefficient (Wildman–Crippen LogP) is 5.88. The van der Waals surface area contributed by atoms with Crippen LogP contribution in [0.2, 0.25) is 5.02 Å². The van der Waals surface area contributed by atoms with E-state index in [-0.39, 0.29) is 16.7 Å². The van der Waals surface area contributed by atoms with E-state index < -0.39 is 0 Å². The molecule has 4 rings (SSSR count). The van der Waals surface area contributed by atoms with Crippen LogP contribution in [0, 0.1) is 0 Å². The lowest BCUT2D eigenvalue weighted by atomic mass is 9.87. The van der Waals surface area contributed by atoms with E-state index in [9.17, 15) is 4.79 Å². The molecular weight excluding hydrogens is 412 g/mol. The fraction of sp³-hybridized carbons (Fsp3) is 0.480. The largest absolute Gasteiger partial charge is 0.325 e. The molecular formula is C25H31ClN2OS. The standard InChI is InChI=1S/C25H31ClN2OS/c1-25(2,3)19-10-8-18(9-11-19)16-27(20-12-13-20)17-23(29)28-14-15-30-24(28)21-6-4-5-7-22(21)26/h4-11,20,24H,12-17H2,1-3H3/t24-/m1/s1. The zero-order valence-electron chi connectivity index (χ0n) is 18.1. The van der Waals surface area contributed by atoms with E-state index in [1.807, 2.05) is 40.9 Å². The van der Waals surface area contributed by atoms with Crippen LogP contribution in [-0.4, -0.2) is 40.6 Å². The number of thioether (sulfide) groups is 1. The van der Waals surface area contributed by atoms with E-state index in [1.54, 1.807) is 0 Å². The Morgan fingerprint density at radius 2 is 1.83 bits per heavy atom. The van der Waals surface area contributed by atoms with Crippen molar-refractivity contribution in [1.82, 2.24) is 9.80 Å². The maximum atomic E-state index is 13.3. The van der Waals surface area contributed by atoms with E-state index in [0.717, 1.165) is 29.4 Å². The lowest BCUT2D eigenvalue weighted by Gasteiger charge is -2.29. The van der Waals surface area contributed by atoms with E-state index in [0.29, 0.717) is 12.6 Å². The summed E-state index contributed by atoms with van der Waals surface area (Å²) in [5, 5.41) is 0.769. The molecule has 0 unspecified atom stereocenters. The number of nitrogens with zero attached hydrogens (tertiary/aromatic N) is 2. The van der Waals surface area contributed by atoms with Crippen LogP contribution < -0.4 is 0 Å². The molecule has 0 aromatic heterocycles. The molecule has 1 heterocycles. The molecule has 2 aliphatic rings. The number of hydrogen-bond acceptors (Lipinski definition) is 3. The number of carbonyl (C=O) groups excluding carboxylic acids is 1. The van der Waals surface area contributed by atoms with Gasteiger partial charge in [-0.3, -0.25) is 9.69 Å². The van der Waals surface area contributed by atoms with Gasteiger partial charge in [0.05, 0.1) is 6.54 Å². The first kappa shape index (κ1) is 21.7. The molecule has 0 radical (unpaired) electrons. The maximum absolute atomic E-state index is 13.3. The van der Waals surface area contributed by atoms with Crippen molar-refractivity contribution in [1.29, 1.82) is 0 Å². The molecule has 1 aliphatic carbocycles. The Morgan fingerprint density at radius 3 is 2.47 bits per heavy atom. The fourth-order valence-electron chi connectivity index (χ4n) is 4.02. The first-order valence-corrected chi connectivity index (χ1v) is 12.2. The highest BCUT2D eigenvalue weighted by Crippen LogP contribution is 2.41. The summed E-state index contributed by atoms with van der Waals surface area (Å²) in [5.41, 5.74) is 3.83. The van der Waals surface area contributed by atoms with E-state index >= 15 is 0 Å². The third-order valence-corrected chi connectivity index (χ3v) is 7.58. The third-order valence-electron chi connectivity index (χ3n) is 5.99. The Bertz CT molecular complexity index is 889. The van der Waals surface area contributed by atoms with Gasteiger partial charge in [0.1, 0.15) is 5.37 Å². The molecule has 160 valence electrons. The SMILES string of the molecule is CC(C)(C)c1ccc(CN(CC(=O)N2CCS[C@@H]2c2ccccc2Cl)C2CC2)cc1. The van der Waals surface area contributed by atoms with Gasteiger partial charge in [0.25, 0.3) is 0 Å². The zero-order valence-corrected chi connectivity index (χ0v) is 19.7. The van der Waals surface area contributed by atoms with Crippen LogP contribution >= 0.6 is 23.4 Å². The fourth-order valence-corrected chi connectivity index (χ4v) is 5.64. The summed E-state index contributed by atoms with van der Waals surface area (Å²) in [6, 6.07) is 17.3. The second kappa shape index (κ2) is 8.94. The van der Waals surface area contributed by atoms with Crippen LogP contribution in [0.5, 0.6) is 0 Å². The van der Waals surface area contributed by atoms with Crippen molar-refractivity contribution in [2.75, 3.05) is 18.8 Å². The van der Waals surface area contributed by atoms with Crippen molar-refractivity contribution in [3.05, 3.63) is 70.2 Å². The van der Waals surface area contributed by atoms with Gasteiger partial charge in [-0.15, -0.1) is 11.8 Å². The lowest BCUT2D eigenvalue weighted by molar-refractivity contribution is -0.132. The van der Waals surface area contributed by atoms with Crippen LogP contribution in [0.3, 0.4) is 0 Å². The van der Waals surface area contributed by atoms with Gasteiger partial charge in [0.15, 0.2) is 0 Å². The summed E-state index contributed by atoms with van der Waals surface area (Å²) >= 11 is 8.24. The van der Waals surface area contributed by atoms with Crippen molar-refractivity contribution < 1.29 is 4.79 Å². The quantitative estimate of drug-likeness (QED) is 0.558. The van der Waals surface area contributed by atoms with Gasteiger partial charge >= 0.3 is 0 Å². The molecule has 30 heavy (non-hydrogen) atoms. The molecule has 0 bridgehead atoms. The molecule has 1 aliphatic heterocycles. The molecule has 3 nitrogen and oxygen atoms in total. The number of amides is 1. The van der Waals surface area contributed by atoms with Crippen molar-refractivity contribution in [2.24, 2.45) is 0 Å². The van der Waals surface area contributed by atoms with Gasteiger partial charge in [0, 0.05) is 35.5 Å². The van der Waals surface area contributed by atoms with Crippen molar-refractivity contribution >= 4 is 29.3 Å². The maximum Gasteiger partial charge on any atom is 0.237 e. The van der Waals surface area contributed by atoms with E-state index in [1.165, 1.54) is 24.0 Å². The van der Waals surface area contributed by atoms with Crippen molar-refractivity contribution in [3.63, 3.8) is 0 Å². The summed E-state index contributed by atoms with van der Waals surface area (Å²) in [6.45, 7) is 8.81. The first-order chi connectivity index (χ1) is 14.3. The molecule has 5 heteroatoms. The van der Waals surface area contributed by atoms with E-state index in [4.69, 9.17) is 11.6 Å². The molecule has 2 aromatic carbocycles. The van der Waals surface area contributed by atoms with Crippen LogP contribution in [0.15, 0.2) is 48.5 Å². The van der Waals surface area contributed by atoms with Gasteiger partial charge < -0.3 is 4.90 Å². The monoisotopic (exact) mass is 442 g/mol. The third kappa shape index (κ3) is 5.04. The molecule has 1 atom stereocenters. The summed E-state index contributed by atoms with van der Waals surface area (Å²) in [7, 11) is 0. The summed E-state index contributed by atoms with van der Waals surface area (Å²) in [4.78, 5) is 17.7. The minimum Gasteiger partial charge on any atom is -0.325 e. The smallest absolute Gasteiger partial charge is 0.237 e. The van der Waals surface area contributed by atoms with Crippen molar-refractivity contribution in [2.45, 2.75) is 57.0 Å². The number of hydrogen-bond donors (Lipinski definition) is 0. The van der Waals surface area contributed by atoms with Crippen LogP contribution in [0.25, 0.3) is 0 Å². The molecule has 0 spiro atoms. The Labute approximate surface area is 189 Å². The number of rotatable bonds is 6. The molecule has 1 saturated heterocycles. The normalized spacial score (nSPS) is 19.5. The van der Waals surface area contributed by atoms with Gasteiger partial charge in [-0.2, -0.15) is 0 Å². The number of carbonyl (C=O) groups is 1. The molecule has 0 N–H and O–H groups in total. The lowest BCUT2D eigenvalue weighted by Crippen LogP contribution is -2.40. The minimum atomic E-state index is 0.0262. The molecule has 1 amide bonds. The van der Waals surface area contributed by atoms with Crippen LogP contribution in [0.1, 0.15) is 55.7 Å². The molecule has 2 fully saturated rings. The van der Waals surface area contributed by atoms with Gasteiger partial charge in [-0.25, -0.2) is 0 Å². The van der Waals surface area contributed by atoms with Gasteiger partial charge in [-0.1, -0.05) is 74.8 Å². The highest BCUT2D eigenvalue weighted by atomic mass is 35.5. The Hall–Kier alpha value is -1.49. The second-order valence-corrected chi connectivity index (χ2v) is 11.0. The van der Waals surface area contributed by atoms with Gasteiger partial charge in [0.2, 0.25) is 5.91 Å². The second-order valence-electron chi connectivity index (χ2n) is 9.41. The Balaban J connectivity index is 1.44. The number of halogens is 1. The topological polar surface area (TPSA) is 23.6 Å². The Morgan fingerprint density at radius 1 is 1.13 bits per heavy atom. The van der Waals surface area contributed by atoms with Gasteiger partial charge in [-0.05, 0) is 35.4 Å². The van der Waals surface area contributed by atoms with Crippen LogP contribution in [0.4, 0.5) is 0 Å². The summed E-state index contributed by atoms with van der Waals surface area (Å²) in [6.07, 6.45) is 2.38. The molecule has 2 aromatic rings. The average Bonchev–Trinajstić information content (AvgIpc) is 3.44. The molecule has 1 saturated carbocycles. The van der Waals surface area contributed by atoms with Crippen molar-refractivity contribution in [3.8, 4) is 0 Å². The highest BCUT2D eigenvalue weighted by molar-refractivity contribution is 7.99. The zero-order chi connectivity index (χ0) is 21.3. The summed E-state index contributed by atoms with van der Waals surface area (Å²) in [5.74, 6) is 1.17. The average molecular weight is 443 g/mol. The van der Waals surface area contributed by atoms with Crippen LogP contribution in [-0.2, 0) is 16.8 Å². The number of benzene rings is 2. The summed E-state index contributed by atoms with van der Waals surface area (Å²) < 4.78 is 0. The predicted molar refractivity (Wildman–Crippen MR) is 127 cm³/mol. The van der Waals surface area contributed by atoms with E-state index in [2.05, 4.69) is 49.9 Å². The first-order valence-electron chi connectivity index (χ1n) is 10.8. The minimum absolute atomic E-state index is 0.0262. The Kier molecular flexibility index (Phi) is 6.47. The highest BCUT2D eigenvalue weighted by Gasteiger charge is 2.36.